The van der Waals surface area contributed by atoms with Gasteiger partial charge in [-0.05, 0) is 50.4 Å². The normalized spacial score (nSPS) is 20.2. The monoisotopic (exact) mass is 313 g/mol. The summed E-state index contributed by atoms with van der Waals surface area (Å²) < 4.78 is 12.1. The second kappa shape index (κ2) is 6.83. The first-order chi connectivity index (χ1) is 10.8. The maximum atomic E-state index is 10.3. The molecule has 2 N–H and O–H groups in total. The van der Waals surface area contributed by atoms with Crippen LogP contribution in [-0.4, -0.2) is 31.2 Å². The average Bonchev–Trinajstić information content (AvgIpc) is 2.72. The zero-order valence-corrected chi connectivity index (χ0v) is 14.2. The summed E-state index contributed by atoms with van der Waals surface area (Å²) in [6.45, 7) is 8.46. The van der Waals surface area contributed by atoms with Crippen LogP contribution in [0, 0.1) is 0 Å². The van der Waals surface area contributed by atoms with Crippen molar-refractivity contribution in [3.05, 3.63) is 46.9 Å². The van der Waals surface area contributed by atoms with Crippen LogP contribution in [-0.2, 0) is 14.1 Å². The number of hydrogen-bond acceptors (Lipinski definition) is 4. The molecule has 0 atom stereocenters. The van der Waals surface area contributed by atoms with Gasteiger partial charge in [0.2, 0.25) is 0 Å². The van der Waals surface area contributed by atoms with Crippen LogP contribution in [0.2, 0.25) is 0 Å². The van der Waals surface area contributed by atoms with Gasteiger partial charge in [-0.1, -0.05) is 36.4 Å². The van der Waals surface area contributed by atoms with Crippen LogP contribution < -0.4 is 5.73 Å². The molecule has 4 nitrogen and oxygen atoms in total. The molecule has 1 saturated heterocycles. The van der Waals surface area contributed by atoms with Crippen molar-refractivity contribution in [1.29, 1.82) is 0 Å². The highest BCUT2D eigenvalue weighted by atomic mass is 16.7. The van der Waals surface area contributed by atoms with E-state index in [2.05, 4.69) is 0 Å². The Morgan fingerprint density at radius 3 is 2.09 bits per heavy atom. The van der Waals surface area contributed by atoms with Crippen LogP contribution in [0.15, 0.2) is 35.8 Å². The number of rotatable bonds is 5. The molecule has 0 radical (unpaired) electrons. The molecule has 23 heavy (non-hydrogen) atoms. The van der Waals surface area contributed by atoms with E-state index >= 15 is 0 Å². The van der Waals surface area contributed by atoms with E-state index in [4.69, 9.17) is 15.0 Å². The molecule has 0 saturated carbocycles. The van der Waals surface area contributed by atoms with E-state index in [1.807, 2.05) is 58.0 Å². The van der Waals surface area contributed by atoms with Gasteiger partial charge in [-0.3, -0.25) is 4.79 Å². The van der Waals surface area contributed by atoms with Gasteiger partial charge in [0.1, 0.15) is 6.29 Å². The summed E-state index contributed by atoms with van der Waals surface area (Å²) in [5, 5.41) is 0. The SMILES string of the molecule is CC1(C)OB(C(=Cc2ccc(/C=C/C=O)cc2)CN)OC1(C)C. The summed E-state index contributed by atoms with van der Waals surface area (Å²) >= 11 is 0. The minimum Gasteiger partial charge on any atom is -0.400 e. The highest BCUT2D eigenvalue weighted by molar-refractivity contribution is 6.55. The molecule has 1 aliphatic heterocycles. The van der Waals surface area contributed by atoms with Gasteiger partial charge in [-0.15, -0.1) is 0 Å². The first-order valence-electron chi connectivity index (χ1n) is 7.77. The molecule has 1 heterocycles. The van der Waals surface area contributed by atoms with Gasteiger partial charge in [0.05, 0.1) is 11.2 Å². The summed E-state index contributed by atoms with van der Waals surface area (Å²) in [4.78, 5) is 10.3. The van der Waals surface area contributed by atoms with Crippen LogP contribution >= 0.6 is 0 Å². The first kappa shape index (κ1) is 17.7. The molecule has 1 fully saturated rings. The molecule has 0 aliphatic carbocycles. The summed E-state index contributed by atoms with van der Waals surface area (Å²) in [5.41, 5.74) is 8.03. The van der Waals surface area contributed by atoms with Crippen LogP contribution in [0.5, 0.6) is 0 Å². The lowest BCUT2D eigenvalue weighted by Gasteiger charge is -2.32. The molecular weight excluding hydrogens is 289 g/mol. The smallest absolute Gasteiger partial charge is 0.400 e. The number of carbonyl (C=O) groups is 1. The first-order valence-corrected chi connectivity index (χ1v) is 7.77. The third-order valence-electron chi connectivity index (χ3n) is 4.45. The second-order valence-electron chi connectivity index (χ2n) is 6.67. The largest absolute Gasteiger partial charge is 0.491 e. The topological polar surface area (TPSA) is 61.5 Å². The molecule has 1 aromatic carbocycles. The summed E-state index contributed by atoms with van der Waals surface area (Å²) in [6, 6.07) is 7.85. The standard InChI is InChI=1S/C18H24BNO3/c1-17(2)18(3,4)23-19(22-17)16(13-20)12-15-9-7-14(8-10-15)6-5-11-21/h5-12H,13,20H2,1-4H3/b6-5+,16-12?. The van der Waals surface area contributed by atoms with Crippen molar-refractivity contribution in [3.63, 3.8) is 0 Å². The Morgan fingerprint density at radius 1 is 1.09 bits per heavy atom. The van der Waals surface area contributed by atoms with Crippen molar-refractivity contribution in [3.8, 4) is 0 Å². The Labute approximate surface area is 138 Å². The van der Waals surface area contributed by atoms with Gasteiger partial charge in [0.15, 0.2) is 0 Å². The van der Waals surface area contributed by atoms with Gasteiger partial charge in [0, 0.05) is 6.54 Å². The number of aldehydes is 1. The van der Waals surface area contributed by atoms with Crippen molar-refractivity contribution < 1.29 is 14.1 Å². The Hall–Kier alpha value is -1.69. The van der Waals surface area contributed by atoms with Crippen molar-refractivity contribution in [1.82, 2.24) is 0 Å². The predicted molar refractivity (Wildman–Crippen MR) is 94.7 cm³/mol. The molecule has 1 aliphatic rings. The van der Waals surface area contributed by atoms with Gasteiger partial charge >= 0.3 is 7.12 Å². The van der Waals surface area contributed by atoms with E-state index in [0.29, 0.717) is 6.54 Å². The van der Waals surface area contributed by atoms with Gasteiger partial charge < -0.3 is 15.0 Å². The Kier molecular flexibility index (Phi) is 5.24. The van der Waals surface area contributed by atoms with Crippen molar-refractivity contribution in [2.24, 2.45) is 5.73 Å². The second-order valence-corrected chi connectivity index (χ2v) is 6.67. The van der Waals surface area contributed by atoms with Gasteiger partial charge in [-0.2, -0.15) is 0 Å². The van der Waals surface area contributed by atoms with E-state index in [9.17, 15) is 4.79 Å². The minimum absolute atomic E-state index is 0.365. The maximum absolute atomic E-state index is 10.3. The van der Waals surface area contributed by atoms with Crippen LogP contribution in [0.25, 0.3) is 12.2 Å². The Balaban J connectivity index is 2.19. The Morgan fingerprint density at radius 2 is 1.61 bits per heavy atom. The van der Waals surface area contributed by atoms with Crippen LogP contribution in [0.3, 0.4) is 0 Å². The number of carbonyl (C=O) groups excluding carboxylic acids is 1. The summed E-state index contributed by atoms with van der Waals surface area (Å²) in [5.74, 6) is 0. The number of nitrogens with two attached hydrogens (primary N) is 1. The lowest BCUT2D eigenvalue weighted by atomic mass is 9.77. The van der Waals surface area contributed by atoms with E-state index in [-0.39, 0.29) is 11.2 Å². The van der Waals surface area contributed by atoms with Crippen molar-refractivity contribution >= 4 is 25.6 Å². The highest BCUT2D eigenvalue weighted by Crippen LogP contribution is 2.38. The number of benzene rings is 1. The third kappa shape index (κ3) is 3.99. The Bertz CT molecular complexity index is 602. The fourth-order valence-corrected chi connectivity index (χ4v) is 2.29. The fourth-order valence-electron chi connectivity index (χ4n) is 2.29. The van der Waals surface area contributed by atoms with Crippen molar-refractivity contribution in [2.45, 2.75) is 38.9 Å². The molecule has 1 aromatic rings. The molecule has 122 valence electrons. The quantitative estimate of drug-likeness (QED) is 0.516. The van der Waals surface area contributed by atoms with E-state index < -0.39 is 7.12 Å². The summed E-state index contributed by atoms with van der Waals surface area (Å²) in [7, 11) is -0.431. The molecule has 0 unspecified atom stereocenters. The molecule has 5 heteroatoms. The molecule has 0 bridgehead atoms. The molecule has 2 rings (SSSR count). The molecule has 0 aromatic heterocycles. The zero-order chi connectivity index (χ0) is 17.1. The predicted octanol–water partition coefficient (Wildman–Crippen LogP) is 2.87. The fraction of sp³-hybridized carbons (Fsp3) is 0.389. The molecular formula is C18H24BNO3. The van der Waals surface area contributed by atoms with Crippen molar-refractivity contribution in [2.75, 3.05) is 6.54 Å². The zero-order valence-electron chi connectivity index (χ0n) is 14.2. The highest BCUT2D eigenvalue weighted by Gasteiger charge is 2.52. The van der Waals surface area contributed by atoms with Crippen LogP contribution in [0.4, 0.5) is 0 Å². The minimum atomic E-state index is -0.431. The molecule has 0 amide bonds. The van der Waals surface area contributed by atoms with E-state index in [1.54, 1.807) is 6.08 Å². The van der Waals surface area contributed by atoms with E-state index in [0.717, 1.165) is 22.9 Å². The maximum Gasteiger partial charge on any atom is 0.491 e. The lowest BCUT2D eigenvalue weighted by molar-refractivity contribution is -0.104. The van der Waals surface area contributed by atoms with E-state index in [1.165, 1.54) is 6.08 Å². The van der Waals surface area contributed by atoms with Crippen LogP contribution in [0.1, 0.15) is 38.8 Å². The lowest BCUT2D eigenvalue weighted by Crippen LogP contribution is -2.41. The third-order valence-corrected chi connectivity index (χ3v) is 4.45. The van der Waals surface area contributed by atoms with Gasteiger partial charge in [-0.25, -0.2) is 0 Å². The number of hydrogen-bond donors (Lipinski definition) is 1. The van der Waals surface area contributed by atoms with Gasteiger partial charge in [0.25, 0.3) is 0 Å². The molecule has 0 spiro atoms. The summed E-state index contributed by atoms with van der Waals surface area (Å²) in [6.07, 6.45) is 5.99. The average molecular weight is 313 g/mol. The number of allylic oxidation sites excluding steroid dienone is 1.